The van der Waals surface area contributed by atoms with Gasteiger partial charge in [0.15, 0.2) is 0 Å². The maximum absolute atomic E-state index is 12.3. The molecule has 5 nitrogen and oxygen atoms in total. The molecule has 26 heavy (non-hydrogen) atoms. The second kappa shape index (κ2) is 11.0. The maximum atomic E-state index is 12.3. The third kappa shape index (κ3) is 8.51. The van der Waals surface area contributed by atoms with Gasteiger partial charge in [-0.3, -0.25) is 9.59 Å². The van der Waals surface area contributed by atoms with E-state index in [9.17, 15) is 9.59 Å². The number of carbonyl (C=O) groups is 2. The highest BCUT2D eigenvalue weighted by atomic mass is 28.3. The number of para-hydroxylation sites is 1. The molecular weight excluding hydrogens is 348 g/mol. The first-order valence-electron chi connectivity index (χ1n) is 9.28. The Labute approximate surface area is 158 Å². The summed E-state index contributed by atoms with van der Waals surface area (Å²) in [6.07, 6.45) is 0.895. The summed E-state index contributed by atoms with van der Waals surface area (Å²) in [6.45, 7) is 11.6. The van der Waals surface area contributed by atoms with Crippen LogP contribution >= 0.6 is 0 Å². The van der Waals surface area contributed by atoms with E-state index in [1.807, 2.05) is 31.2 Å². The van der Waals surface area contributed by atoms with Gasteiger partial charge in [-0.1, -0.05) is 37.8 Å². The summed E-state index contributed by atoms with van der Waals surface area (Å²) in [5.74, 6) is -0.182. The van der Waals surface area contributed by atoms with Crippen LogP contribution in [0.2, 0.25) is 25.7 Å². The fourth-order valence-electron chi connectivity index (χ4n) is 2.31. The summed E-state index contributed by atoms with van der Waals surface area (Å²) in [6, 6.07) is 8.42. The maximum Gasteiger partial charge on any atom is 0.313 e. The summed E-state index contributed by atoms with van der Waals surface area (Å²) in [5.41, 5.74) is 0.807. The minimum absolute atomic E-state index is 0.219. The molecule has 0 aliphatic carbocycles. The molecule has 0 bridgehead atoms. The van der Waals surface area contributed by atoms with E-state index >= 15 is 0 Å². The lowest BCUT2D eigenvalue weighted by molar-refractivity contribution is -0.144. The third-order valence-electron chi connectivity index (χ3n) is 3.92. The third-order valence-corrected chi connectivity index (χ3v) is 5.63. The molecule has 0 spiro atoms. The van der Waals surface area contributed by atoms with Gasteiger partial charge in [-0.05, 0) is 32.4 Å². The second-order valence-corrected chi connectivity index (χ2v) is 13.1. The second-order valence-electron chi connectivity index (χ2n) is 7.49. The topological polar surface area (TPSA) is 61.8 Å². The molecule has 1 aromatic carbocycles. The van der Waals surface area contributed by atoms with Gasteiger partial charge in [0.2, 0.25) is 0 Å². The van der Waals surface area contributed by atoms with Crippen LogP contribution in [0.25, 0.3) is 0 Å². The number of ether oxygens (including phenoxy) is 3. The van der Waals surface area contributed by atoms with E-state index in [4.69, 9.17) is 14.2 Å². The summed E-state index contributed by atoms with van der Waals surface area (Å²) in [4.78, 5) is 23.7. The van der Waals surface area contributed by atoms with Crippen LogP contribution in [-0.2, 0) is 19.1 Å². The molecule has 146 valence electrons. The number of hydrogen-bond acceptors (Lipinski definition) is 5. The van der Waals surface area contributed by atoms with E-state index in [1.54, 1.807) is 6.92 Å². The van der Waals surface area contributed by atoms with Crippen LogP contribution in [0, 0.1) is 0 Å². The monoisotopic (exact) mass is 380 g/mol. The van der Waals surface area contributed by atoms with Crippen molar-refractivity contribution in [3.05, 3.63) is 29.8 Å². The molecule has 6 heteroatoms. The molecule has 1 atom stereocenters. The lowest BCUT2D eigenvalue weighted by Gasteiger charge is -2.18. The predicted molar refractivity (Wildman–Crippen MR) is 105 cm³/mol. The molecule has 0 saturated carbocycles. The van der Waals surface area contributed by atoms with Crippen molar-refractivity contribution in [2.24, 2.45) is 0 Å². The van der Waals surface area contributed by atoms with E-state index in [-0.39, 0.29) is 11.9 Å². The first kappa shape index (κ1) is 22.2. The highest BCUT2D eigenvalue weighted by molar-refractivity contribution is 6.76. The SMILES string of the molecule is CCOC(=O)CCCOc1ccccc1C(C)C(=O)OCC[Si](C)(C)C. The number of esters is 2. The predicted octanol–water partition coefficient (Wildman–Crippen LogP) is 4.39. The summed E-state index contributed by atoms with van der Waals surface area (Å²) in [5, 5.41) is 0. The Morgan fingerprint density at radius 3 is 2.42 bits per heavy atom. The van der Waals surface area contributed by atoms with Crippen LogP contribution < -0.4 is 4.74 Å². The normalized spacial score (nSPS) is 12.3. The minimum Gasteiger partial charge on any atom is -0.493 e. The quantitative estimate of drug-likeness (QED) is 0.324. The smallest absolute Gasteiger partial charge is 0.313 e. The molecule has 1 aromatic rings. The Hall–Kier alpha value is -1.82. The van der Waals surface area contributed by atoms with Gasteiger partial charge in [0.25, 0.3) is 0 Å². The average molecular weight is 381 g/mol. The zero-order valence-corrected chi connectivity index (χ0v) is 17.7. The molecule has 0 heterocycles. The van der Waals surface area contributed by atoms with E-state index < -0.39 is 14.0 Å². The van der Waals surface area contributed by atoms with Crippen LogP contribution in [-0.4, -0.2) is 39.8 Å². The van der Waals surface area contributed by atoms with E-state index in [1.165, 1.54) is 0 Å². The van der Waals surface area contributed by atoms with E-state index in [0.717, 1.165) is 11.6 Å². The fraction of sp³-hybridized carbons (Fsp3) is 0.600. The highest BCUT2D eigenvalue weighted by Gasteiger charge is 2.22. The van der Waals surface area contributed by atoms with Crippen LogP contribution in [0.4, 0.5) is 0 Å². The van der Waals surface area contributed by atoms with Crippen molar-refractivity contribution < 1.29 is 23.8 Å². The zero-order chi connectivity index (χ0) is 19.6. The summed E-state index contributed by atoms with van der Waals surface area (Å²) >= 11 is 0. The molecule has 0 fully saturated rings. The van der Waals surface area contributed by atoms with Crippen LogP contribution in [0.5, 0.6) is 5.75 Å². The molecule has 0 saturated heterocycles. The Balaban J connectivity index is 2.55. The molecule has 0 amide bonds. The van der Waals surface area contributed by atoms with Gasteiger partial charge in [0, 0.05) is 20.1 Å². The standard InChI is InChI=1S/C20H32O5Si/c1-6-23-19(21)12-9-13-24-18-11-8-7-10-17(18)16(2)20(22)25-14-15-26(3,4)5/h7-8,10-11,16H,6,9,12-15H2,1-5H3. The number of rotatable bonds is 11. The molecule has 1 unspecified atom stereocenters. The van der Waals surface area contributed by atoms with Gasteiger partial charge in [-0.2, -0.15) is 0 Å². The number of benzene rings is 1. The van der Waals surface area contributed by atoms with E-state index in [0.29, 0.717) is 38.4 Å². The Morgan fingerprint density at radius 2 is 1.77 bits per heavy atom. The van der Waals surface area contributed by atoms with E-state index in [2.05, 4.69) is 19.6 Å². The molecule has 1 rings (SSSR count). The zero-order valence-electron chi connectivity index (χ0n) is 16.7. The molecule has 0 radical (unpaired) electrons. The van der Waals surface area contributed by atoms with Crippen molar-refractivity contribution in [3.63, 3.8) is 0 Å². The highest BCUT2D eigenvalue weighted by Crippen LogP contribution is 2.27. The Morgan fingerprint density at radius 1 is 1.08 bits per heavy atom. The van der Waals surface area contributed by atoms with Crippen molar-refractivity contribution in [1.29, 1.82) is 0 Å². The minimum atomic E-state index is -1.23. The summed E-state index contributed by atoms with van der Waals surface area (Å²) in [7, 11) is -1.23. The van der Waals surface area contributed by atoms with Crippen LogP contribution in [0.1, 0.15) is 38.2 Å². The number of carbonyl (C=O) groups excluding carboxylic acids is 2. The van der Waals surface area contributed by atoms with Crippen molar-refractivity contribution in [2.75, 3.05) is 19.8 Å². The van der Waals surface area contributed by atoms with Gasteiger partial charge in [-0.25, -0.2) is 0 Å². The Bertz CT molecular complexity index is 580. The van der Waals surface area contributed by atoms with Gasteiger partial charge in [0.05, 0.1) is 25.7 Å². The lowest BCUT2D eigenvalue weighted by Crippen LogP contribution is -2.24. The van der Waals surface area contributed by atoms with Crippen molar-refractivity contribution in [2.45, 2.75) is 58.3 Å². The number of hydrogen-bond donors (Lipinski definition) is 0. The summed E-state index contributed by atoms with van der Waals surface area (Å²) < 4.78 is 16.1. The lowest BCUT2D eigenvalue weighted by atomic mass is 10.0. The molecule has 0 aliphatic heterocycles. The van der Waals surface area contributed by atoms with Crippen molar-refractivity contribution in [3.8, 4) is 5.75 Å². The average Bonchev–Trinajstić information content (AvgIpc) is 2.57. The molecular formula is C20H32O5Si. The van der Waals surface area contributed by atoms with Gasteiger partial charge >= 0.3 is 11.9 Å². The molecule has 0 aliphatic rings. The van der Waals surface area contributed by atoms with Gasteiger partial charge in [-0.15, -0.1) is 0 Å². The van der Waals surface area contributed by atoms with Crippen molar-refractivity contribution >= 4 is 20.0 Å². The van der Waals surface area contributed by atoms with Crippen LogP contribution in [0.3, 0.4) is 0 Å². The molecule has 0 aromatic heterocycles. The van der Waals surface area contributed by atoms with Gasteiger partial charge in [0.1, 0.15) is 5.75 Å². The fourth-order valence-corrected chi connectivity index (χ4v) is 3.03. The first-order chi connectivity index (χ1) is 12.2. The largest absolute Gasteiger partial charge is 0.493 e. The molecule has 0 N–H and O–H groups in total. The van der Waals surface area contributed by atoms with Crippen LogP contribution in [0.15, 0.2) is 24.3 Å². The van der Waals surface area contributed by atoms with Gasteiger partial charge < -0.3 is 14.2 Å². The first-order valence-corrected chi connectivity index (χ1v) is 13.0. The van der Waals surface area contributed by atoms with Crippen molar-refractivity contribution in [1.82, 2.24) is 0 Å². The Kier molecular flexibility index (Phi) is 9.41.